The van der Waals surface area contributed by atoms with E-state index in [1.54, 1.807) is 34.6 Å². The van der Waals surface area contributed by atoms with E-state index in [-0.39, 0.29) is 10.9 Å². The van der Waals surface area contributed by atoms with Crippen LogP contribution < -0.4 is 5.32 Å². The summed E-state index contributed by atoms with van der Waals surface area (Å²) in [5.74, 6) is -0.330. The maximum atomic E-state index is 12.2. The van der Waals surface area contributed by atoms with Crippen LogP contribution in [0.5, 0.6) is 0 Å². The number of nitrogens with one attached hydrogen (secondary N) is 1. The lowest BCUT2D eigenvalue weighted by Gasteiger charge is -2.28. The normalized spacial score (nSPS) is 12.8. The molecule has 1 rings (SSSR count). The maximum Gasteiger partial charge on any atom is 0.408 e. The van der Waals surface area contributed by atoms with Crippen molar-refractivity contribution in [3.05, 3.63) is 18.5 Å². The molecular formula is C13H21N3O4S. The molecular weight excluding hydrogens is 294 g/mol. The van der Waals surface area contributed by atoms with Crippen LogP contribution in [0, 0.1) is 0 Å². The first-order valence-electron chi connectivity index (χ1n) is 6.42. The van der Waals surface area contributed by atoms with E-state index in [1.807, 2.05) is 0 Å². The monoisotopic (exact) mass is 315 g/mol. The van der Waals surface area contributed by atoms with E-state index < -0.39 is 27.1 Å². The Morgan fingerprint density at radius 3 is 2.19 bits per heavy atom. The molecule has 0 bridgehead atoms. The van der Waals surface area contributed by atoms with Gasteiger partial charge in [-0.2, -0.15) is 0 Å². The molecule has 0 fully saturated rings. The molecule has 0 saturated carbocycles. The minimum absolute atomic E-state index is 0.260. The van der Waals surface area contributed by atoms with E-state index in [2.05, 4.69) is 15.3 Å². The third kappa shape index (κ3) is 6.07. The Bertz CT molecular complexity index is 592. The molecule has 1 N–H and O–H groups in total. The highest BCUT2D eigenvalue weighted by molar-refractivity contribution is 7.91. The maximum absolute atomic E-state index is 12.2. The SMILES string of the molecule is CC(C)(CS(=O)(=O)c1ncccn1)NC(=O)OC(C)(C)C. The molecule has 0 spiro atoms. The first kappa shape index (κ1) is 17.4. The van der Waals surface area contributed by atoms with Gasteiger partial charge < -0.3 is 10.1 Å². The predicted octanol–water partition coefficient (Wildman–Crippen LogP) is 1.55. The van der Waals surface area contributed by atoms with Crippen LogP contribution in [0.1, 0.15) is 34.6 Å². The van der Waals surface area contributed by atoms with E-state index in [0.29, 0.717) is 0 Å². The predicted molar refractivity (Wildman–Crippen MR) is 77.5 cm³/mol. The summed E-state index contributed by atoms with van der Waals surface area (Å²) in [5, 5.41) is 2.28. The molecule has 1 aromatic rings. The number of rotatable bonds is 4. The van der Waals surface area contributed by atoms with Crippen LogP contribution in [0.4, 0.5) is 4.79 Å². The lowest BCUT2D eigenvalue weighted by atomic mass is 10.1. The van der Waals surface area contributed by atoms with Crippen molar-refractivity contribution in [1.82, 2.24) is 15.3 Å². The van der Waals surface area contributed by atoms with Gasteiger partial charge in [-0.3, -0.25) is 0 Å². The molecule has 0 unspecified atom stereocenters. The van der Waals surface area contributed by atoms with Crippen molar-refractivity contribution in [2.75, 3.05) is 5.75 Å². The summed E-state index contributed by atoms with van der Waals surface area (Å²) in [6, 6.07) is 1.53. The van der Waals surface area contributed by atoms with Gasteiger partial charge in [0.05, 0.1) is 11.3 Å². The quantitative estimate of drug-likeness (QED) is 0.847. The molecule has 0 radical (unpaired) electrons. The number of aromatic nitrogens is 2. The number of alkyl carbamates (subject to hydrolysis) is 1. The molecule has 0 aliphatic carbocycles. The Labute approximate surface area is 125 Å². The fourth-order valence-corrected chi connectivity index (χ4v) is 3.20. The highest BCUT2D eigenvalue weighted by atomic mass is 32.2. The molecule has 0 aliphatic rings. The van der Waals surface area contributed by atoms with Crippen molar-refractivity contribution in [2.24, 2.45) is 0 Å². The fraction of sp³-hybridized carbons (Fsp3) is 0.615. The number of amides is 1. The van der Waals surface area contributed by atoms with Gasteiger partial charge in [-0.25, -0.2) is 23.2 Å². The summed E-state index contributed by atoms with van der Waals surface area (Å²) in [6.07, 6.45) is 2.04. The molecule has 118 valence electrons. The third-order valence-electron chi connectivity index (χ3n) is 2.21. The average Bonchev–Trinajstić information content (AvgIpc) is 2.24. The average molecular weight is 315 g/mol. The molecule has 0 atom stereocenters. The van der Waals surface area contributed by atoms with Crippen LogP contribution in [0.25, 0.3) is 0 Å². The number of sulfone groups is 1. The third-order valence-corrected chi connectivity index (χ3v) is 4.08. The number of carbonyl (C=O) groups excluding carboxylic acids is 1. The van der Waals surface area contributed by atoms with Crippen LogP contribution >= 0.6 is 0 Å². The first-order chi connectivity index (χ1) is 9.41. The smallest absolute Gasteiger partial charge is 0.408 e. The summed E-state index contributed by atoms with van der Waals surface area (Å²) in [4.78, 5) is 19.2. The summed E-state index contributed by atoms with van der Waals surface area (Å²) in [7, 11) is -3.70. The second-order valence-corrected chi connectivity index (χ2v) is 8.18. The fourth-order valence-electron chi connectivity index (χ4n) is 1.60. The van der Waals surface area contributed by atoms with Crippen LogP contribution in [0.3, 0.4) is 0 Å². The van der Waals surface area contributed by atoms with E-state index in [4.69, 9.17) is 4.74 Å². The number of carbonyl (C=O) groups is 1. The Balaban J connectivity index is 2.79. The second-order valence-electron chi connectivity index (χ2n) is 6.30. The van der Waals surface area contributed by atoms with Gasteiger partial charge in [-0.05, 0) is 40.7 Å². The van der Waals surface area contributed by atoms with E-state index >= 15 is 0 Å². The number of hydrogen-bond donors (Lipinski definition) is 1. The van der Waals surface area contributed by atoms with Crippen molar-refractivity contribution in [3.8, 4) is 0 Å². The van der Waals surface area contributed by atoms with Crippen LogP contribution in [-0.4, -0.2) is 41.4 Å². The largest absolute Gasteiger partial charge is 0.444 e. The minimum Gasteiger partial charge on any atom is -0.444 e. The summed E-state index contributed by atoms with van der Waals surface area (Å²) >= 11 is 0. The molecule has 21 heavy (non-hydrogen) atoms. The molecule has 8 heteroatoms. The van der Waals surface area contributed by atoms with Gasteiger partial charge in [0.2, 0.25) is 15.0 Å². The van der Waals surface area contributed by atoms with Gasteiger partial charge in [-0.1, -0.05) is 0 Å². The van der Waals surface area contributed by atoms with E-state index in [9.17, 15) is 13.2 Å². The molecule has 1 aromatic heterocycles. The number of hydrogen-bond acceptors (Lipinski definition) is 6. The summed E-state index contributed by atoms with van der Waals surface area (Å²) in [6.45, 7) is 8.38. The minimum atomic E-state index is -3.70. The molecule has 1 amide bonds. The van der Waals surface area contributed by atoms with Crippen molar-refractivity contribution in [3.63, 3.8) is 0 Å². The van der Waals surface area contributed by atoms with E-state index in [1.165, 1.54) is 18.5 Å². The van der Waals surface area contributed by atoms with Crippen molar-refractivity contribution >= 4 is 15.9 Å². The summed E-state index contributed by atoms with van der Waals surface area (Å²) in [5.41, 5.74) is -1.66. The molecule has 0 aliphatic heterocycles. The van der Waals surface area contributed by atoms with Gasteiger partial charge in [0.1, 0.15) is 5.60 Å². The Morgan fingerprint density at radius 2 is 1.71 bits per heavy atom. The van der Waals surface area contributed by atoms with Gasteiger partial charge in [0.25, 0.3) is 0 Å². The van der Waals surface area contributed by atoms with Crippen LogP contribution in [-0.2, 0) is 14.6 Å². The van der Waals surface area contributed by atoms with Crippen molar-refractivity contribution < 1.29 is 17.9 Å². The van der Waals surface area contributed by atoms with Gasteiger partial charge >= 0.3 is 6.09 Å². The topological polar surface area (TPSA) is 98.3 Å². The molecule has 1 heterocycles. The highest BCUT2D eigenvalue weighted by Crippen LogP contribution is 2.14. The van der Waals surface area contributed by atoms with Crippen LogP contribution in [0.2, 0.25) is 0 Å². The van der Waals surface area contributed by atoms with Gasteiger partial charge in [-0.15, -0.1) is 0 Å². The van der Waals surface area contributed by atoms with Gasteiger partial charge in [0.15, 0.2) is 0 Å². The zero-order valence-corrected chi connectivity index (χ0v) is 13.7. The molecule has 7 nitrogen and oxygen atoms in total. The molecule has 0 saturated heterocycles. The number of ether oxygens (including phenoxy) is 1. The van der Waals surface area contributed by atoms with Crippen molar-refractivity contribution in [1.29, 1.82) is 0 Å². The van der Waals surface area contributed by atoms with E-state index in [0.717, 1.165) is 0 Å². The number of nitrogens with zero attached hydrogens (tertiary/aromatic N) is 2. The summed E-state index contributed by atoms with van der Waals surface area (Å²) < 4.78 is 29.5. The van der Waals surface area contributed by atoms with Gasteiger partial charge in [0, 0.05) is 12.4 Å². The standard InChI is InChI=1S/C13H21N3O4S/c1-12(2,3)20-11(17)16-13(4,5)9-21(18,19)10-14-7-6-8-15-10/h6-8H,9H2,1-5H3,(H,16,17). The lowest BCUT2D eigenvalue weighted by Crippen LogP contribution is -2.50. The zero-order valence-electron chi connectivity index (χ0n) is 12.9. The Kier molecular flexibility index (Phi) is 4.93. The second kappa shape index (κ2) is 5.97. The Morgan fingerprint density at radius 1 is 1.19 bits per heavy atom. The lowest BCUT2D eigenvalue weighted by molar-refractivity contribution is 0.0482. The van der Waals surface area contributed by atoms with Crippen molar-refractivity contribution in [2.45, 2.75) is 50.9 Å². The molecule has 0 aromatic carbocycles. The van der Waals surface area contributed by atoms with Crippen LogP contribution in [0.15, 0.2) is 23.6 Å². The highest BCUT2D eigenvalue weighted by Gasteiger charge is 2.32. The first-order valence-corrected chi connectivity index (χ1v) is 8.07. The Hall–Kier alpha value is -1.70. The zero-order chi connectivity index (χ0) is 16.3.